The minimum atomic E-state index is -0.829. The van der Waals surface area contributed by atoms with Crippen LogP contribution in [0.15, 0.2) is 0 Å². The van der Waals surface area contributed by atoms with Crippen LogP contribution in [0, 0.1) is 0 Å². The summed E-state index contributed by atoms with van der Waals surface area (Å²) in [4.78, 5) is 0. The van der Waals surface area contributed by atoms with Crippen molar-refractivity contribution < 1.29 is 28.4 Å². The molecule has 6 nitrogen and oxygen atoms in total. The highest BCUT2D eigenvalue weighted by molar-refractivity contribution is 9.09. The van der Waals surface area contributed by atoms with Crippen molar-refractivity contribution in [3.8, 4) is 0 Å². The van der Waals surface area contributed by atoms with Crippen molar-refractivity contribution in [2.45, 2.75) is 195 Å². The van der Waals surface area contributed by atoms with Crippen LogP contribution in [0.3, 0.4) is 0 Å². The predicted octanol–water partition coefficient (Wildman–Crippen LogP) is 13.1. The monoisotopic (exact) mass is 726 g/mol. The Morgan fingerprint density at radius 3 is 0.745 bits per heavy atom. The molecule has 0 aromatic heterocycles. The van der Waals surface area contributed by atoms with Gasteiger partial charge in [0, 0.05) is 64.0 Å². The van der Waals surface area contributed by atoms with E-state index in [2.05, 4.69) is 21.6 Å². The molecule has 0 saturated heterocycles. The summed E-state index contributed by atoms with van der Waals surface area (Å²) in [7, 11) is 6.15. The molecule has 0 amide bonds. The number of rotatable bonds is 40. The molecule has 47 heavy (non-hydrogen) atoms. The van der Waals surface area contributed by atoms with Gasteiger partial charge >= 0.3 is 0 Å². The molecule has 0 aliphatic heterocycles. The summed E-state index contributed by atoms with van der Waals surface area (Å²) in [6.07, 6.45) is 28.2. The first-order valence-corrected chi connectivity index (χ1v) is 23.6. The number of unbranched alkanes of at least 4 members (excludes halogenated alkanes) is 18. The Kier molecular flexibility index (Phi) is 37.2. The summed E-state index contributed by atoms with van der Waals surface area (Å²) in [6, 6.07) is 0. The normalized spacial score (nSPS) is 12.4. The summed E-state index contributed by atoms with van der Waals surface area (Å²) < 4.78 is 35.0. The van der Waals surface area contributed by atoms with Gasteiger partial charge in [-0.25, -0.2) is 0 Å². The van der Waals surface area contributed by atoms with Gasteiger partial charge in [-0.3, -0.25) is 0 Å². The first-order chi connectivity index (χ1) is 23.1. The van der Waals surface area contributed by atoms with Crippen molar-refractivity contribution >= 4 is 31.4 Å². The van der Waals surface area contributed by atoms with E-state index in [9.17, 15) is 0 Å². The van der Waals surface area contributed by atoms with Gasteiger partial charge in [-0.2, -0.15) is 0 Å². The lowest BCUT2D eigenvalue weighted by molar-refractivity contribution is -0.380. The van der Waals surface area contributed by atoms with Gasteiger partial charge in [-0.15, -0.1) is 0 Å². The van der Waals surface area contributed by atoms with Crippen molar-refractivity contribution in [1.82, 2.24) is 0 Å². The van der Waals surface area contributed by atoms with Crippen LogP contribution < -0.4 is 0 Å². The van der Waals surface area contributed by atoms with Gasteiger partial charge in [0.25, 0.3) is 11.9 Å². The van der Waals surface area contributed by atoms with E-state index < -0.39 is 11.9 Å². The average Bonchev–Trinajstić information content (AvgIpc) is 3.05. The van der Waals surface area contributed by atoms with Crippen molar-refractivity contribution in [3.63, 3.8) is 0 Å². The summed E-state index contributed by atoms with van der Waals surface area (Å²) in [5.41, 5.74) is 0. The zero-order valence-electron chi connectivity index (χ0n) is 31.9. The standard InChI is InChI=1S/C38H78O6S3/c1-7-39-37(40-8-2,41-9-3)33-29-25-21-17-13-15-19-23-27-31-35-45-47-46-36-32-28-24-20-16-14-18-22-26-30-34-38(42-10-4,43-11-5)44-12-6/h7-36H2,1-6H3. The second kappa shape index (κ2) is 36.6. The first kappa shape index (κ1) is 47.8. The van der Waals surface area contributed by atoms with Crippen LogP contribution in [0.25, 0.3) is 0 Å². The Morgan fingerprint density at radius 2 is 0.511 bits per heavy atom. The Hall–Kier alpha value is 0.810. The van der Waals surface area contributed by atoms with Crippen molar-refractivity contribution in [3.05, 3.63) is 0 Å². The molecule has 0 rings (SSSR count). The zero-order valence-corrected chi connectivity index (χ0v) is 34.3. The molecule has 0 radical (unpaired) electrons. The maximum atomic E-state index is 5.83. The third-order valence-corrected chi connectivity index (χ3v) is 12.6. The van der Waals surface area contributed by atoms with E-state index >= 15 is 0 Å². The van der Waals surface area contributed by atoms with E-state index in [-0.39, 0.29) is 0 Å². The highest BCUT2D eigenvalue weighted by atomic mass is 33.5. The van der Waals surface area contributed by atoms with Crippen LogP contribution in [-0.4, -0.2) is 63.1 Å². The van der Waals surface area contributed by atoms with E-state index in [4.69, 9.17) is 28.4 Å². The van der Waals surface area contributed by atoms with Gasteiger partial charge in [0.1, 0.15) is 0 Å². The summed E-state index contributed by atoms with van der Waals surface area (Å²) in [6.45, 7) is 15.7. The third-order valence-electron chi connectivity index (χ3n) is 8.20. The molecular weight excluding hydrogens is 649 g/mol. The summed E-state index contributed by atoms with van der Waals surface area (Å²) >= 11 is 0. The van der Waals surface area contributed by atoms with Crippen molar-refractivity contribution in [2.75, 3.05) is 51.1 Å². The van der Waals surface area contributed by atoms with E-state index in [1.54, 1.807) is 0 Å². The Bertz CT molecular complexity index is 532. The fraction of sp³-hybridized carbons (Fsp3) is 1.00. The Labute approximate surface area is 304 Å². The van der Waals surface area contributed by atoms with Gasteiger partial charge in [-0.1, -0.05) is 124 Å². The van der Waals surface area contributed by atoms with Gasteiger partial charge in [-0.05, 0) is 77.1 Å². The highest BCUT2D eigenvalue weighted by Crippen LogP contribution is 2.36. The molecule has 0 heterocycles. The Balaban J connectivity index is 3.41. The molecular formula is C38H78O6S3. The van der Waals surface area contributed by atoms with Gasteiger partial charge < -0.3 is 28.4 Å². The van der Waals surface area contributed by atoms with E-state index in [1.807, 2.05) is 51.4 Å². The second-order valence-electron chi connectivity index (χ2n) is 12.2. The SMILES string of the molecule is CCOC(CCCCCCCCCCCCSSSCCCCCCCCCCCCC(OCC)(OCC)OCC)(OCC)OCC. The summed E-state index contributed by atoms with van der Waals surface area (Å²) in [5.74, 6) is 0.947. The molecule has 0 saturated carbocycles. The quantitative estimate of drug-likeness (QED) is 0.0349. The van der Waals surface area contributed by atoms with Crippen LogP contribution in [0.1, 0.15) is 183 Å². The van der Waals surface area contributed by atoms with Gasteiger partial charge in [0.15, 0.2) is 0 Å². The lowest BCUT2D eigenvalue weighted by Crippen LogP contribution is -2.39. The fourth-order valence-electron chi connectivity index (χ4n) is 5.94. The maximum Gasteiger partial charge on any atom is 0.282 e. The molecule has 0 aliphatic rings. The lowest BCUT2D eigenvalue weighted by atomic mass is 10.1. The minimum Gasteiger partial charge on any atom is -0.328 e. The maximum absolute atomic E-state index is 5.83. The van der Waals surface area contributed by atoms with Gasteiger partial charge in [0.2, 0.25) is 0 Å². The van der Waals surface area contributed by atoms with Crippen LogP contribution in [0.5, 0.6) is 0 Å². The lowest BCUT2D eigenvalue weighted by Gasteiger charge is -2.32. The molecule has 0 aromatic rings. The topological polar surface area (TPSA) is 55.4 Å². The number of hydrogen-bond acceptors (Lipinski definition) is 9. The number of ether oxygens (including phenoxy) is 6. The smallest absolute Gasteiger partial charge is 0.282 e. The van der Waals surface area contributed by atoms with E-state index in [0.717, 1.165) is 25.7 Å². The van der Waals surface area contributed by atoms with Crippen molar-refractivity contribution in [1.29, 1.82) is 0 Å². The molecule has 0 unspecified atom stereocenters. The molecule has 0 aromatic carbocycles. The molecule has 0 N–H and O–H groups in total. The molecule has 9 heteroatoms. The zero-order chi connectivity index (χ0) is 34.6. The average molecular weight is 727 g/mol. The van der Waals surface area contributed by atoms with Crippen molar-refractivity contribution in [2.24, 2.45) is 0 Å². The van der Waals surface area contributed by atoms with Crippen LogP contribution >= 0.6 is 31.4 Å². The highest BCUT2D eigenvalue weighted by Gasteiger charge is 2.32. The fourth-order valence-corrected chi connectivity index (χ4v) is 9.94. The largest absolute Gasteiger partial charge is 0.328 e. The predicted molar refractivity (Wildman–Crippen MR) is 209 cm³/mol. The van der Waals surface area contributed by atoms with Crippen LogP contribution in [0.2, 0.25) is 0 Å². The second-order valence-corrected chi connectivity index (χ2v) is 16.7. The molecule has 284 valence electrons. The first-order valence-electron chi connectivity index (χ1n) is 19.8. The summed E-state index contributed by atoms with van der Waals surface area (Å²) in [5, 5.41) is 0. The molecule has 0 fully saturated rings. The minimum absolute atomic E-state index is 0.615. The van der Waals surface area contributed by atoms with Crippen LogP contribution in [-0.2, 0) is 28.4 Å². The van der Waals surface area contributed by atoms with Crippen LogP contribution in [0.4, 0.5) is 0 Å². The third kappa shape index (κ3) is 29.1. The Morgan fingerprint density at radius 1 is 0.298 bits per heavy atom. The molecule has 0 atom stereocenters. The van der Waals surface area contributed by atoms with E-state index in [1.165, 1.54) is 127 Å². The van der Waals surface area contributed by atoms with Gasteiger partial charge in [0.05, 0.1) is 0 Å². The molecule has 0 bridgehead atoms. The van der Waals surface area contributed by atoms with E-state index in [0.29, 0.717) is 39.6 Å². The molecule has 0 spiro atoms. The molecule has 0 aliphatic carbocycles. The number of hydrogen-bond donors (Lipinski definition) is 0.